The summed E-state index contributed by atoms with van der Waals surface area (Å²) in [4.78, 5) is 40.3. The maximum Gasteiger partial charge on any atom is 0.335 e. The molecule has 1 unspecified atom stereocenters. The number of halogens is 1. The Hall–Kier alpha value is -4.34. The van der Waals surface area contributed by atoms with Crippen LogP contribution in [0.4, 0.5) is 10.2 Å². The van der Waals surface area contributed by atoms with Crippen LogP contribution in [0.5, 0.6) is 11.8 Å². The van der Waals surface area contributed by atoms with Gasteiger partial charge >= 0.3 is 12.0 Å². The average molecular weight is 591 g/mol. The van der Waals surface area contributed by atoms with Crippen LogP contribution in [0, 0.1) is 17.1 Å². The van der Waals surface area contributed by atoms with E-state index in [-0.39, 0.29) is 41.7 Å². The van der Waals surface area contributed by atoms with Crippen molar-refractivity contribution < 1.29 is 23.5 Å². The minimum atomic E-state index is -0.702. The first-order valence-corrected chi connectivity index (χ1v) is 14.5. The van der Waals surface area contributed by atoms with Crippen LogP contribution in [0.25, 0.3) is 20.7 Å². The quantitative estimate of drug-likeness (QED) is 0.206. The topological polar surface area (TPSA) is 112 Å². The fourth-order valence-corrected chi connectivity index (χ4v) is 6.54. The molecule has 2 atom stereocenters. The highest BCUT2D eigenvalue weighted by atomic mass is 32.1. The number of carbonyl (C=O) groups is 2. The molecule has 0 spiro atoms. The summed E-state index contributed by atoms with van der Waals surface area (Å²) in [5.74, 6) is -0.858. The van der Waals surface area contributed by atoms with Gasteiger partial charge in [0, 0.05) is 36.6 Å². The number of esters is 1. The Morgan fingerprint density at radius 2 is 2.05 bits per heavy atom. The van der Waals surface area contributed by atoms with Gasteiger partial charge in [0.25, 0.3) is 0 Å². The lowest BCUT2D eigenvalue weighted by Crippen LogP contribution is -2.55. The normalized spacial score (nSPS) is 19.0. The van der Waals surface area contributed by atoms with Gasteiger partial charge in [-0.05, 0) is 50.7 Å². The highest BCUT2D eigenvalue weighted by Gasteiger charge is 2.32. The Kier molecular flexibility index (Phi) is 8.80. The van der Waals surface area contributed by atoms with E-state index < -0.39 is 11.8 Å². The molecule has 218 valence electrons. The summed E-state index contributed by atoms with van der Waals surface area (Å²) < 4.78 is 27.3. The summed E-state index contributed by atoms with van der Waals surface area (Å²) in [5, 5.41) is 9.46. The Balaban J connectivity index is 1.57. The second-order valence-corrected chi connectivity index (χ2v) is 11.2. The van der Waals surface area contributed by atoms with Gasteiger partial charge in [0.15, 0.2) is 5.82 Å². The third-order valence-corrected chi connectivity index (χ3v) is 8.71. The number of thiophene rings is 1. The summed E-state index contributed by atoms with van der Waals surface area (Å²) in [5.41, 5.74) is 0.668. The molecular formula is C30H31FN6O4S. The van der Waals surface area contributed by atoms with Gasteiger partial charge < -0.3 is 24.2 Å². The van der Waals surface area contributed by atoms with Crippen molar-refractivity contribution in [3.8, 4) is 28.3 Å². The zero-order chi connectivity index (χ0) is 29.8. The van der Waals surface area contributed by atoms with E-state index in [4.69, 9.17) is 14.5 Å². The molecule has 0 radical (unpaired) electrons. The molecule has 4 heterocycles. The number of likely N-dealkylation sites (N-methyl/N-ethyl adjacent to an activating group) is 1. The monoisotopic (exact) mass is 590 g/mol. The molecular weight excluding hydrogens is 559 g/mol. The minimum absolute atomic E-state index is 0.0624. The fraction of sp³-hybridized carbons (Fsp3) is 0.367. The smallest absolute Gasteiger partial charge is 0.335 e. The molecule has 5 rings (SSSR count). The number of carbonyl (C=O) groups excluding carboxylic acids is 2. The predicted octanol–water partition coefficient (Wildman–Crippen LogP) is 4.18. The van der Waals surface area contributed by atoms with Crippen molar-refractivity contribution in [3.63, 3.8) is 0 Å². The third-order valence-electron chi connectivity index (χ3n) is 7.58. The first-order chi connectivity index (χ1) is 20.3. The van der Waals surface area contributed by atoms with Crippen molar-refractivity contribution >= 4 is 39.2 Å². The van der Waals surface area contributed by atoms with Crippen LogP contribution < -0.4 is 14.4 Å². The van der Waals surface area contributed by atoms with Gasteiger partial charge in [-0.2, -0.15) is 15.2 Å². The van der Waals surface area contributed by atoms with E-state index in [9.17, 15) is 14.9 Å². The number of fused-ring (bicyclic) bond motifs is 1. The van der Waals surface area contributed by atoms with Crippen LogP contribution in [-0.2, 0) is 9.59 Å². The number of nitrogens with zero attached hydrogens (tertiary/aromatic N) is 6. The van der Waals surface area contributed by atoms with Gasteiger partial charge in [-0.25, -0.2) is 9.18 Å². The van der Waals surface area contributed by atoms with Crippen LogP contribution in [0.15, 0.2) is 49.6 Å². The lowest BCUT2D eigenvalue weighted by molar-refractivity contribution is -0.129. The van der Waals surface area contributed by atoms with Crippen LogP contribution in [0.1, 0.15) is 19.3 Å². The molecule has 1 aromatic carbocycles. The van der Waals surface area contributed by atoms with E-state index in [2.05, 4.69) is 36.2 Å². The maximum atomic E-state index is 15.2. The average Bonchev–Trinajstić information content (AvgIpc) is 3.60. The van der Waals surface area contributed by atoms with Crippen molar-refractivity contribution in [1.82, 2.24) is 19.8 Å². The number of benzene rings is 1. The van der Waals surface area contributed by atoms with Gasteiger partial charge in [-0.1, -0.05) is 19.2 Å². The van der Waals surface area contributed by atoms with E-state index in [1.54, 1.807) is 11.0 Å². The number of rotatable bonds is 9. The molecule has 42 heavy (non-hydrogen) atoms. The summed E-state index contributed by atoms with van der Waals surface area (Å²) in [6, 6.07) is 8.26. The Bertz CT molecular complexity index is 1570. The number of hydrogen-bond donors (Lipinski definition) is 0. The van der Waals surface area contributed by atoms with Crippen molar-refractivity contribution in [2.24, 2.45) is 0 Å². The summed E-state index contributed by atoms with van der Waals surface area (Å²) in [7, 11) is 2.06. The van der Waals surface area contributed by atoms with E-state index in [0.717, 1.165) is 25.5 Å². The third kappa shape index (κ3) is 5.98. The van der Waals surface area contributed by atoms with Crippen molar-refractivity contribution in [2.45, 2.75) is 31.3 Å². The van der Waals surface area contributed by atoms with Crippen LogP contribution in [0.3, 0.4) is 0 Å². The number of likely N-dealkylation sites (tertiary alicyclic amines) is 1. The molecule has 2 aliphatic heterocycles. The summed E-state index contributed by atoms with van der Waals surface area (Å²) >= 11 is 1.26. The molecule has 10 nitrogen and oxygen atoms in total. The second kappa shape index (κ2) is 12.7. The first kappa shape index (κ1) is 29.2. The molecule has 1 amide bonds. The molecule has 2 aliphatic rings. The molecule has 12 heteroatoms. The highest BCUT2D eigenvalue weighted by Crippen LogP contribution is 2.43. The van der Waals surface area contributed by atoms with Gasteiger partial charge in [-0.3, -0.25) is 4.79 Å². The molecule has 3 aromatic rings. The first-order valence-electron chi connectivity index (χ1n) is 13.7. The van der Waals surface area contributed by atoms with E-state index in [0.29, 0.717) is 47.2 Å². The predicted molar refractivity (Wildman–Crippen MR) is 158 cm³/mol. The number of nitriles is 1. The maximum absolute atomic E-state index is 15.2. The van der Waals surface area contributed by atoms with Crippen molar-refractivity contribution in [1.29, 1.82) is 5.26 Å². The molecule has 2 aromatic heterocycles. The SMILES string of the molecule is C=CC(=O)Oc1cccc(F)c1-c1cc2nc(OC[C@@H]3CCCN3C)nc(N3CCN(C(=O)C=C)C(CC#N)C3)c2s1. The molecule has 0 N–H and O–H groups in total. The second-order valence-electron chi connectivity index (χ2n) is 10.2. The molecule has 2 saturated heterocycles. The highest BCUT2D eigenvalue weighted by molar-refractivity contribution is 7.22. The summed E-state index contributed by atoms with van der Waals surface area (Å²) in [6.45, 7) is 9.63. The van der Waals surface area contributed by atoms with E-state index in [1.165, 1.54) is 35.6 Å². The Morgan fingerprint density at radius 3 is 2.76 bits per heavy atom. The number of ether oxygens (including phenoxy) is 2. The molecule has 0 bridgehead atoms. The minimum Gasteiger partial charge on any atom is -0.462 e. The zero-order valence-corrected chi connectivity index (χ0v) is 24.1. The van der Waals surface area contributed by atoms with Crippen molar-refractivity contribution in [3.05, 3.63) is 55.4 Å². The van der Waals surface area contributed by atoms with Crippen molar-refractivity contribution in [2.75, 3.05) is 44.7 Å². The van der Waals surface area contributed by atoms with E-state index >= 15 is 4.39 Å². The molecule has 0 aliphatic carbocycles. The largest absolute Gasteiger partial charge is 0.462 e. The number of aromatic nitrogens is 2. The van der Waals surface area contributed by atoms with Gasteiger partial charge in [0.1, 0.15) is 18.2 Å². The Labute approximate surface area is 247 Å². The zero-order valence-electron chi connectivity index (χ0n) is 23.3. The number of anilines is 1. The van der Waals surface area contributed by atoms with Crippen LogP contribution >= 0.6 is 11.3 Å². The summed E-state index contributed by atoms with van der Waals surface area (Å²) in [6.07, 6.45) is 4.53. The lowest BCUT2D eigenvalue weighted by Gasteiger charge is -2.40. The fourth-order valence-electron chi connectivity index (χ4n) is 5.37. The molecule has 2 fully saturated rings. The van der Waals surface area contributed by atoms with E-state index in [1.807, 2.05) is 4.90 Å². The van der Waals surface area contributed by atoms with Gasteiger partial charge in [0.05, 0.1) is 34.3 Å². The van der Waals surface area contributed by atoms with Crippen LogP contribution in [-0.4, -0.2) is 83.6 Å². The van der Waals surface area contributed by atoms with Gasteiger partial charge in [0.2, 0.25) is 5.91 Å². The lowest BCUT2D eigenvalue weighted by atomic mass is 10.1. The number of piperazine rings is 1. The standard InChI is InChI=1S/C30H31FN6O4S/c1-4-25(38)37-15-14-36(17-19(37)11-12-32)29-28-22(33-30(34-29)40-18-20-8-7-13-35(20)3)16-24(42-28)27-21(31)9-6-10-23(27)41-26(39)5-2/h4-6,9-10,16,19-20H,1-2,7-8,11,13-15,17-18H2,3H3/t19?,20-/m0/s1. The molecule has 0 saturated carbocycles. The van der Waals surface area contributed by atoms with Crippen LogP contribution in [0.2, 0.25) is 0 Å². The number of amides is 1. The Morgan fingerprint density at radius 1 is 1.21 bits per heavy atom. The number of hydrogen-bond acceptors (Lipinski definition) is 10. The van der Waals surface area contributed by atoms with Gasteiger partial charge in [-0.15, -0.1) is 11.3 Å².